The Balaban J connectivity index is 1.88. The number of halogens is 1. The predicted octanol–water partition coefficient (Wildman–Crippen LogP) is 2.38. The molecule has 2 aromatic carbocycles. The van der Waals surface area contributed by atoms with E-state index in [-0.39, 0.29) is 34.7 Å². The van der Waals surface area contributed by atoms with Crippen LogP contribution in [0.1, 0.15) is 6.92 Å². The molecule has 0 saturated carbocycles. The summed E-state index contributed by atoms with van der Waals surface area (Å²) in [4.78, 5) is 23.4. The van der Waals surface area contributed by atoms with Gasteiger partial charge in [-0.05, 0) is 30.3 Å². The summed E-state index contributed by atoms with van der Waals surface area (Å²) >= 11 is 5.87. The van der Waals surface area contributed by atoms with Crippen LogP contribution in [0.2, 0.25) is 5.02 Å². The average Bonchev–Trinajstić information content (AvgIpc) is 3.05. The summed E-state index contributed by atoms with van der Waals surface area (Å²) in [6.45, 7) is 1.96. The number of nitrogens with one attached hydrogen (secondary N) is 2. The number of hydrogen-bond acceptors (Lipinski definition) is 4. The van der Waals surface area contributed by atoms with Gasteiger partial charge in [-0.25, -0.2) is 8.42 Å². The third-order valence-corrected chi connectivity index (χ3v) is 6.35. The monoisotopic (exact) mass is 433 g/mol. The highest BCUT2D eigenvalue weighted by molar-refractivity contribution is 7.91. The van der Waals surface area contributed by atoms with Crippen LogP contribution in [0, 0.1) is 0 Å². The first kappa shape index (κ1) is 20.9. The van der Waals surface area contributed by atoms with Crippen LogP contribution in [0.3, 0.4) is 0 Å². The number of fused-ring (bicyclic) bond motifs is 1. The molecule has 0 unspecified atom stereocenters. The quantitative estimate of drug-likeness (QED) is 0.559. The predicted molar refractivity (Wildman–Crippen MR) is 111 cm³/mol. The average molecular weight is 434 g/mol. The Kier molecular flexibility index (Phi) is 6.24. The smallest absolute Gasteiger partial charge is 0.240 e. The largest absolute Gasteiger partial charge is 0.355 e. The molecule has 0 radical (unpaired) electrons. The first-order valence-electron chi connectivity index (χ1n) is 8.88. The Bertz CT molecular complexity index is 1150. The van der Waals surface area contributed by atoms with Gasteiger partial charge in [-0.15, -0.1) is 0 Å². The Labute approximate surface area is 173 Å². The molecule has 0 fully saturated rings. The van der Waals surface area contributed by atoms with Crippen LogP contribution in [-0.4, -0.2) is 37.9 Å². The zero-order valence-corrected chi connectivity index (χ0v) is 17.3. The number of carbonyl (C=O) groups is 2. The molecule has 1 heterocycles. The van der Waals surface area contributed by atoms with Crippen LogP contribution >= 0.6 is 11.6 Å². The molecule has 0 atom stereocenters. The fraction of sp³-hybridized carbons (Fsp3) is 0.200. The summed E-state index contributed by atoms with van der Waals surface area (Å²) < 4.78 is 27.9. The lowest BCUT2D eigenvalue weighted by Gasteiger charge is -2.07. The summed E-state index contributed by atoms with van der Waals surface area (Å²) in [6.07, 6.45) is 1.47. The fourth-order valence-electron chi connectivity index (χ4n) is 2.95. The molecule has 2 N–H and O–H groups in total. The van der Waals surface area contributed by atoms with Crippen molar-refractivity contribution < 1.29 is 18.0 Å². The normalized spacial score (nSPS) is 11.4. The lowest BCUT2D eigenvalue weighted by molar-refractivity contribution is -0.122. The van der Waals surface area contributed by atoms with E-state index in [1.165, 1.54) is 37.4 Å². The molecule has 9 heteroatoms. The number of benzene rings is 2. The fourth-order valence-corrected chi connectivity index (χ4v) is 4.55. The van der Waals surface area contributed by atoms with E-state index >= 15 is 0 Å². The van der Waals surface area contributed by atoms with Gasteiger partial charge in [0.15, 0.2) is 0 Å². The number of rotatable bonds is 7. The lowest BCUT2D eigenvalue weighted by atomic mass is 10.2. The summed E-state index contributed by atoms with van der Waals surface area (Å²) in [5, 5.41) is 6.27. The summed E-state index contributed by atoms with van der Waals surface area (Å²) in [5.41, 5.74) is 0.636. The molecule has 0 aliphatic heterocycles. The summed E-state index contributed by atoms with van der Waals surface area (Å²) in [6, 6.07) is 13.0. The molecular weight excluding hydrogens is 414 g/mol. The van der Waals surface area contributed by atoms with E-state index in [9.17, 15) is 18.0 Å². The maximum Gasteiger partial charge on any atom is 0.240 e. The standard InChI is InChI=1S/C20H20ClN3O4S/c1-14(25)22-10-11-23-20(26)13-24-12-19(17-4-2-3-5-18(17)24)29(27,28)16-8-6-15(21)7-9-16/h2-9,12H,10-11,13H2,1H3,(H,22,25)(H,23,26). The van der Waals surface area contributed by atoms with Crippen molar-refractivity contribution in [3.8, 4) is 0 Å². The zero-order chi connectivity index (χ0) is 21.0. The summed E-state index contributed by atoms with van der Waals surface area (Å²) in [5.74, 6) is -0.459. The van der Waals surface area contributed by atoms with Crippen molar-refractivity contribution in [2.45, 2.75) is 23.3 Å². The SMILES string of the molecule is CC(=O)NCCNC(=O)Cn1cc(S(=O)(=O)c2ccc(Cl)cc2)c2ccccc21. The molecule has 152 valence electrons. The summed E-state index contributed by atoms with van der Waals surface area (Å²) in [7, 11) is -3.79. The third-order valence-electron chi connectivity index (χ3n) is 4.30. The topological polar surface area (TPSA) is 97.3 Å². The number of hydrogen-bond donors (Lipinski definition) is 2. The highest BCUT2D eigenvalue weighted by Crippen LogP contribution is 2.30. The van der Waals surface area contributed by atoms with Gasteiger partial charge < -0.3 is 15.2 Å². The molecule has 0 aliphatic rings. The van der Waals surface area contributed by atoms with Crippen LogP contribution in [0.25, 0.3) is 10.9 Å². The number of sulfone groups is 1. The van der Waals surface area contributed by atoms with E-state index in [0.29, 0.717) is 22.5 Å². The molecule has 0 aliphatic carbocycles. The second-order valence-corrected chi connectivity index (χ2v) is 8.78. The Morgan fingerprint density at radius 2 is 1.66 bits per heavy atom. The van der Waals surface area contributed by atoms with Gasteiger partial charge in [-0.1, -0.05) is 29.8 Å². The van der Waals surface area contributed by atoms with Gasteiger partial charge in [-0.2, -0.15) is 0 Å². The van der Waals surface area contributed by atoms with Crippen molar-refractivity contribution in [2.24, 2.45) is 0 Å². The van der Waals surface area contributed by atoms with Gasteiger partial charge in [0.1, 0.15) is 6.54 Å². The maximum atomic E-state index is 13.1. The first-order chi connectivity index (χ1) is 13.8. The lowest BCUT2D eigenvalue weighted by Crippen LogP contribution is -2.35. The highest BCUT2D eigenvalue weighted by atomic mass is 35.5. The van der Waals surface area contributed by atoms with E-state index in [4.69, 9.17) is 11.6 Å². The number of para-hydroxylation sites is 1. The minimum absolute atomic E-state index is 0.0449. The minimum atomic E-state index is -3.79. The first-order valence-corrected chi connectivity index (χ1v) is 10.7. The number of nitrogens with zero attached hydrogens (tertiary/aromatic N) is 1. The second kappa shape index (κ2) is 8.67. The van der Waals surface area contributed by atoms with Crippen LogP contribution in [0.15, 0.2) is 64.5 Å². The number of carbonyl (C=O) groups excluding carboxylic acids is 2. The van der Waals surface area contributed by atoms with Gasteiger partial charge in [0.2, 0.25) is 21.7 Å². The number of aromatic nitrogens is 1. The molecule has 29 heavy (non-hydrogen) atoms. The van der Waals surface area contributed by atoms with Crippen molar-refractivity contribution in [3.63, 3.8) is 0 Å². The highest BCUT2D eigenvalue weighted by Gasteiger charge is 2.23. The van der Waals surface area contributed by atoms with E-state index in [1.807, 2.05) is 0 Å². The van der Waals surface area contributed by atoms with Gasteiger partial charge in [-0.3, -0.25) is 9.59 Å². The molecule has 0 spiro atoms. The molecule has 3 rings (SSSR count). The van der Waals surface area contributed by atoms with Gasteiger partial charge in [0.25, 0.3) is 0 Å². The van der Waals surface area contributed by atoms with Crippen molar-refractivity contribution in [1.82, 2.24) is 15.2 Å². The van der Waals surface area contributed by atoms with Crippen molar-refractivity contribution >= 4 is 44.2 Å². The van der Waals surface area contributed by atoms with Crippen LogP contribution in [0.5, 0.6) is 0 Å². The Morgan fingerprint density at radius 1 is 1.00 bits per heavy atom. The second-order valence-electron chi connectivity index (χ2n) is 6.43. The van der Waals surface area contributed by atoms with Gasteiger partial charge in [0.05, 0.1) is 9.79 Å². The molecule has 0 saturated heterocycles. The van der Waals surface area contributed by atoms with E-state index in [2.05, 4.69) is 10.6 Å². The third kappa shape index (κ3) is 4.78. The van der Waals surface area contributed by atoms with Crippen LogP contribution < -0.4 is 10.6 Å². The van der Waals surface area contributed by atoms with Crippen LogP contribution in [-0.2, 0) is 26.0 Å². The number of amides is 2. The van der Waals surface area contributed by atoms with E-state index < -0.39 is 9.84 Å². The van der Waals surface area contributed by atoms with Gasteiger partial charge in [0, 0.05) is 42.1 Å². The molecule has 2 amide bonds. The Hall–Kier alpha value is -2.84. The van der Waals surface area contributed by atoms with E-state index in [0.717, 1.165) is 0 Å². The van der Waals surface area contributed by atoms with E-state index in [1.54, 1.807) is 28.8 Å². The van der Waals surface area contributed by atoms with Crippen LogP contribution in [0.4, 0.5) is 0 Å². The van der Waals surface area contributed by atoms with Gasteiger partial charge >= 0.3 is 0 Å². The van der Waals surface area contributed by atoms with Crippen molar-refractivity contribution in [3.05, 3.63) is 59.8 Å². The minimum Gasteiger partial charge on any atom is -0.355 e. The maximum absolute atomic E-state index is 13.1. The zero-order valence-electron chi connectivity index (χ0n) is 15.7. The molecule has 0 bridgehead atoms. The molecule has 3 aromatic rings. The Morgan fingerprint density at radius 3 is 2.34 bits per heavy atom. The van der Waals surface area contributed by atoms with Crippen molar-refractivity contribution in [1.29, 1.82) is 0 Å². The molecular formula is C20H20ClN3O4S. The molecule has 1 aromatic heterocycles. The molecule has 7 nitrogen and oxygen atoms in total. The van der Waals surface area contributed by atoms with Crippen molar-refractivity contribution in [2.75, 3.05) is 13.1 Å².